The fraction of sp³-hybridized carbons (Fsp3) is 0.818. The number of carboxylic acid groups (broad SMARTS) is 1. The van der Waals surface area contributed by atoms with Crippen molar-refractivity contribution in [2.24, 2.45) is 5.92 Å². The maximum atomic E-state index is 11.8. The third-order valence-corrected chi connectivity index (χ3v) is 2.53. The summed E-state index contributed by atoms with van der Waals surface area (Å²) in [7, 11) is 0. The van der Waals surface area contributed by atoms with E-state index in [-0.39, 0.29) is 17.9 Å². The highest BCUT2D eigenvalue weighted by Gasteiger charge is 2.36. The predicted molar refractivity (Wildman–Crippen MR) is 58.1 cm³/mol. The second-order valence-electron chi connectivity index (χ2n) is 5.13. The molecule has 0 aromatic heterocycles. The summed E-state index contributed by atoms with van der Waals surface area (Å²) >= 11 is 0. The first-order valence-electron chi connectivity index (χ1n) is 5.52. The van der Waals surface area contributed by atoms with Crippen molar-refractivity contribution in [1.29, 1.82) is 0 Å². The van der Waals surface area contributed by atoms with E-state index in [0.717, 1.165) is 6.42 Å². The zero-order chi connectivity index (χ0) is 12.3. The largest absolute Gasteiger partial charge is 0.465 e. The van der Waals surface area contributed by atoms with Crippen LogP contribution in [0.5, 0.6) is 0 Å². The molecule has 0 spiro atoms. The van der Waals surface area contributed by atoms with Crippen molar-refractivity contribution in [2.75, 3.05) is 0 Å². The lowest BCUT2D eigenvalue weighted by atomic mass is 10.0. The summed E-state index contributed by atoms with van der Waals surface area (Å²) in [5.41, 5.74) is -0.520. The molecule has 0 saturated heterocycles. The van der Waals surface area contributed by atoms with E-state index in [9.17, 15) is 9.59 Å². The Kier molecular flexibility index (Phi) is 3.78. The van der Waals surface area contributed by atoms with Crippen LogP contribution in [0.2, 0.25) is 0 Å². The van der Waals surface area contributed by atoms with Crippen LogP contribution in [0.3, 0.4) is 0 Å². The van der Waals surface area contributed by atoms with Gasteiger partial charge in [-0.3, -0.25) is 4.79 Å². The molecular formula is C11H19NO4. The molecule has 0 aliphatic heterocycles. The molecule has 0 bridgehead atoms. The summed E-state index contributed by atoms with van der Waals surface area (Å²) in [6.07, 6.45) is 1.17. The van der Waals surface area contributed by atoms with Gasteiger partial charge in [-0.2, -0.15) is 0 Å². The number of hydrogen-bond donors (Lipinski definition) is 2. The van der Waals surface area contributed by atoms with Crippen LogP contribution in [0.15, 0.2) is 0 Å². The minimum Gasteiger partial charge on any atom is -0.465 e. The van der Waals surface area contributed by atoms with E-state index in [0.29, 0.717) is 12.8 Å². The summed E-state index contributed by atoms with van der Waals surface area (Å²) in [6.45, 7) is 5.42. The van der Waals surface area contributed by atoms with Gasteiger partial charge in [0.2, 0.25) is 0 Å². The lowest BCUT2D eigenvalue weighted by Crippen LogP contribution is -2.41. The van der Waals surface area contributed by atoms with Crippen LogP contribution < -0.4 is 5.32 Å². The molecule has 0 aromatic carbocycles. The van der Waals surface area contributed by atoms with Gasteiger partial charge in [-0.15, -0.1) is 0 Å². The third-order valence-electron chi connectivity index (χ3n) is 2.53. The van der Waals surface area contributed by atoms with Crippen LogP contribution in [0.1, 0.15) is 40.0 Å². The highest BCUT2D eigenvalue weighted by Crippen LogP contribution is 2.28. The number of ether oxygens (including phenoxy) is 1. The molecule has 92 valence electrons. The van der Waals surface area contributed by atoms with Crippen molar-refractivity contribution < 1.29 is 19.4 Å². The Morgan fingerprint density at radius 1 is 1.31 bits per heavy atom. The normalized spacial score (nSPS) is 25.2. The molecule has 5 nitrogen and oxygen atoms in total. The standard InChI is InChI=1S/C11H19NO4/c1-11(2,3)16-9(13)7-5-4-6-8(7)12-10(14)15/h7-8,12H,4-6H2,1-3H3,(H,14,15). The molecule has 1 fully saturated rings. The number of amides is 1. The molecule has 0 heterocycles. The zero-order valence-corrected chi connectivity index (χ0v) is 9.95. The Bertz CT molecular complexity index is 282. The van der Waals surface area contributed by atoms with Crippen LogP contribution in [-0.4, -0.2) is 28.8 Å². The van der Waals surface area contributed by atoms with E-state index in [2.05, 4.69) is 5.32 Å². The molecule has 2 N–H and O–H groups in total. The van der Waals surface area contributed by atoms with Crippen molar-refractivity contribution in [3.8, 4) is 0 Å². The van der Waals surface area contributed by atoms with Crippen molar-refractivity contribution in [1.82, 2.24) is 5.32 Å². The molecule has 1 rings (SSSR count). The van der Waals surface area contributed by atoms with Gasteiger partial charge in [0.05, 0.1) is 5.92 Å². The molecule has 1 amide bonds. The fourth-order valence-electron chi connectivity index (χ4n) is 1.95. The van der Waals surface area contributed by atoms with Crippen LogP contribution in [-0.2, 0) is 9.53 Å². The zero-order valence-electron chi connectivity index (χ0n) is 9.95. The molecule has 1 aliphatic rings. The molecule has 5 heteroatoms. The highest BCUT2D eigenvalue weighted by atomic mass is 16.6. The molecule has 0 radical (unpaired) electrons. The maximum absolute atomic E-state index is 11.8. The predicted octanol–water partition coefficient (Wildman–Crippen LogP) is 1.76. The van der Waals surface area contributed by atoms with Crippen LogP contribution in [0, 0.1) is 5.92 Å². The summed E-state index contributed by atoms with van der Waals surface area (Å²) in [5.74, 6) is -0.640. The van der Waals surface area contributed by atoms with Crippen molar-refractivity contribution in [2.45, 2.75) is 51.7 Å². The summed E-state index contributed by atoms with van der Waals surface area (Å²) in [5, 5.41) is 11.0. The molecular weight excluding hydrogens is 210 g/mol. The quantitative estimate of drug-likeness (QED) is 0.707. The molecule has 0 aromatic rings. The minimum absolute atomic E-state index is 0.299. The van der Waals surface area contributed by atoms with E-state index in [4.69, 9.17) is 9.84 Å². The second kappa shape index (κ2) is 4.72. The molecule has 16 heavy (non-hydrogen) atoms. The smallest absolute Gasteiger partial charge is 0.404 e. The van der Waals surface area contributed by atoms with Gasteiger partial charge in [0.1, 0.15) is 5.60 Å². The van der Waals surface area contributed by atoms with E-state index in [1.807, 2.05) is 0 Å². The minimum atomic E-state index is -1.08. The Hall–Kier alpha value is -1.26. The summed E-state index contributed by atoms with van der Waals surface area (Å²) in [6, 6.07) is -0.299. The first kappa shape index (κ1) is 12.8. The first-order chi connectivity index (χ1) is 7.29. The number of carbonyl (C=O) groups is 2. The topological polar surface area (TPSA) is 75.6 Å². The van der Waals surface area contributed by atoms with E-state index >= 15 is 0 Å². The summed E-state index contributed by atoms with van der Waals surface area (Å²) in [4.78, 5) is 22.3. The van der Waals surface area contributed by atoms with Crippen molar-refractivity contribution >= 4 is 12.1 Å². The Morgan fingerprint density at radius 3 is 2.44 bits per heavy atom. The van der Waals surface area contributed by atoms with Crippen LogP contribution >= 0.6 is 0 Å². The molecule has 2 unspecified atom stereocenters. The van der Waals surface area contributed by atoms with Gasteiger partial charge in [0, 0.05) is 6.04 Å². The van der Waals surface area contributed by atoms with Gasteiger partial charge >= 0.3 is 12.1 Å². The molecule has 1 aliphatic carbocycles. The van der Waals surface area contributed by atoms with E-state index < -0.39 is 11.7 Å². The van der Waals surface area contributed by atoms with Crippen molar-refractivity contribution in [3.63, 3.8) is 0 Å². The van der Waals surface area contributed by atoms with E-state index in [1.165, 1.54) is 0 Å². The second-order valence-corrected chi connectivity index (χ2v) is 5.13. The maximum Gasteiger partial charge on any atom is 0.404 e. The number of carbonyl (C=O) groups excluding carboxylic acids is 1. The number of rotatable bonds is 2. The van der Waals surface area contributed by atoms with Gasteiger partial charge in [0.15, 0.2) is 0 Å². The van der Waals surface area contributed by atoms with Gasteiger partial charge < -0.3 is 15.2 Å². The van der Waals surface area contributed by atoms with Crippen LogP contribution in [0.4, 0.5) is 4.79 Å². The lowest BCUT2D eigenvalue weighted by Gasteiger charge is -2.24. The van der Waals surface area contributed by atoms with Gasteiger partial charge in [0.25, 0.3) is 0 Å². The number of esters is 1. The van der Waals surface area contributed by atoms with Crippen molar-refractivity contribution in [3.05, 3.63) is 0 Å². The summed E-state index contributed by atoms with van der Waals surface area (Å²) < 4.78 is 5.26. The lowest BCUT2D eigenvalue weighted by molar-refractivity contribution is -0.160. The number of nitrogens with one attached hydrogen (secondary N) is 1. The molecule has 2 atom stereocenters. The fourth-order valence-corrected chi connectivity index (χ4v) is 1.95. The monoisotopic (exact) mass is 229 g/mol. The third kappa shape index (κ3) is 3.72. The Labute approximate surface area is 95.2 Å². The van der Waals surface area contributed by atoms with Crippen LogP contribution in [0.25, 0.3) is 0 Å². The Morgan fingerprint density at radius 2 is 1.94 bits per heavy atom. The number of hydrogen-bond acceptors (Lipinski definition) is 3. The average Bonchev–Trinajstić information content (AvgIpc) is 2.47. The van der Waals surface area contributed by atoms with Gasteiger partial charge in [-0.1, -0.05) is 6.42 Å². The molecule has 1 saturated carbocycles. The first-order valence-corrected chi connectivity index (χ1v) is 5.52. The van der Waals surface area contributed by atoms with E-state index in [1.54, 1.807) is 20.8 Å². The van der Waals surface area contributed by atoms with Gasteiger partial charge in [-0.25, -0.2) is 4.79 Å². The SMILES string of the molecule is CC(C)(C)OC(=O)C1CCCC1NC(=O)O. The Balaban J connectivity index is 2.57. The highest BCUT2D eigenvalue weighted by molar-refractivity contribution is 5.75. The van der Waals surface area contributed by atoms with Gasteiger partial charge in [-0.05, 0) is 33.6 Å². The average molecular weight is 229 g/mol.